The zero-order valence-electron chi connectivity index (χ0n) is 22.6. The third-order valence-electron chi connectivity index (χ3n) is 7.25. The molecule has 0 spiro atoms. The molecule has 2 aliphatic rings. The molecule has 2 aromatic rings. The van der Waals surface area contributed by atoms with E-state index >= 15 is 0 Å². The zero-order valence-corrected chi connectivity index (χ0v) is 22.6. The number of benzene rings is 2. The molecule has 39 heavy (non-hydrogen) atoms. The van der Waals surface area contributed by atoms with Gasteiger partial charge >= 0.3 is 0 Å². The molecule has 0 bridgehead atoms. The maximum atomic E-state index is 13.0. The van der Waals surface area contributed by atoms with Crippen LogP contribution >= 0.6 is 0 Å². The summed E-state index contributed by atoms with van der Waals surface area (Å²) in [5.41, 5.74) is 2.88. The number of nitriles is 1. The van der Waals surface area contributed by atoms with E-state index in [9.17, 15) is 24.4 Å². The predicted molar refractivity (Wildman–Crippen MR) is 146 cm³/mol. The molecule has 9 heteroatoms. The molecule has 1 unspecified atom stereocenters. The lowest BCUT2D eigenvalue weighted by Crippen LogP contribution is -2.54. The molecule has 2 aromatic carbocycles. The highest BCUT2D eigenvalue weighted by Gasteiger charge is 2.42. The highest BCUT2D eigenvalue weighted by atomic mass is 16.2. The molecule has 1 fully saturated rings. The average Bonchev–Trinajstić information content (AvgIpc) is 3.16. The number of piperidine rings is 1. The fourth-order valence-corrected chi connectivity index (χ4v) is 4.74. The summed E-state index contributed by atoms with van der Waals surface area (Å²) in [5.74, 6) is -2.24. The average molecular weight is 528 g/mol. The third kappa shape index (κ3) is 6.07. The summed E-state index contributed by atoms with van der Waals surface area (Å²) in [6.45, 7) is 8.66. The first-order valence-corrected chi connectivity index (χ1v) is 13.0. The molecule has 2 heterocycles. The number of hydrogen-bond acceptors (Lipinski definition) is 7. The van der Waals surface area contributed by atoms with Gasteiger partial charge in [0.15, 0.2) is 0 Å². The smallest absolute Gasteiger partial charge is 0.278 e. The Hall–Kier alpha value is -4.29. The van der Waals surface area contributed by atoms with Crippen LogP contribution < -0.4 is 16.0 Å². The molecule has 1 atom stereocenters. The fraction of sp³-hybridized carbons (Fsp3) is 0.367. The first-order valence-electron chi connectivity index (χ1n) is 13.0. The van der Waals surface area contributed by atoms with Crippen molar-refractivity contribution in [2.75, 3.05) is 11.9 Å². The summed E-state index contributed by atoms with van der Waals surface area (Å²) in [5, 5.41) is 18.2. The van der Waals surface area contributed by atoms with E-state index in [1.165, 1.54) is 6.08 Å². The van der Waals surface area contributed by atoms with E-state index < -0.39 is 40.6 Å². The summed E-state index contributed by atoms with van der Waals surface area (Å²) in [6.07, 6.45) is 2.16. The molecular formula is C30H33N5O4. The van der Waals surface area contributed by atoms with Gasteiger partial charge < -0.3 is 10.6 Å². The fourth-order valence-electron chi connectivity index (χ4n) is 4.74. The van der Waals surface area contributed by atoms with Gasteiger partial charge in [0, 0.05) is 23.7 Å². The first-order chi connectivity index (χ1) is 18.4. The van der Waals surface area contributed by atoms with E-state index in [-0.39, 0.29) is 18.5 Å². The summed E-state index contributed by atoms with van der Waals surface area (Å²) in [6, 6.07) is 17.0. The Balaban J connectivity index is 1.39. The Bertz CT molecular complexity index is 1400. The van der Waals surface area contributed by atoms with Crippen LogP contribution in [0.15, 0.2) is 60.3 Å². The standard InChI is InChI=1S/C30H33N5O4/c1-29(2,18-31)20-8-5-7-19(15-20)13-14-32-30(3,4)21-9-6-10-22(16-21)33-23-17-26(37)35(28(23)39)24-11-12-25(36)34-27(24)38/h5-10,15-17,24,32-33H,11-14H2,1-4H3,(H,34,36,38). The highest BCUT2D eigenvalue weighted by Crippen LogP contribution is 2.27. The summed E-state index contributed by atoms with van der Waals surface area (Å²) < 4.78 is 0. The van der Waals surface area contributed by atoms with Crippen molar-refractivity contribution in [1.82, 2.24) is 15.5 Å². The number of nitrogens with one attached hydrogen (secondary N) is 3. The SMILES string of the molecule is CC(C)(C#N)c1cccc(CCNC(C)(C)c2cccc(NC3=CC(=O)N(C4CCC(=O)NC4=O)C3=O)c2)c1. The van der Waals surface area contributed by atoms with Crippen LogP contribution in [0.3, 0.4) is 0 Å². The third-order valence-corrected chi connectivity index (χ3v) is 7.25. The van der Waals surface area contributed by atoms with Crippen molar-refractivity contribution >= 4 is 29.3 Å². The van der Waals surface area contributed by atoms with E-state index in [1.807, 2.05) is 44.2 Å². The Morgan fingerprint density at radius 2 is 1.74 bits per heavy atom. The second-order valence-corrected chi connectivity index (χ2v) is 11.0. The van der Waals surface area contributed by atoms with Gasteiger partial charge in [0.1, 0.15) is 11.7 Å². The van der Waals surface area contributed by atoms with Gasteiger partial charge in [-0.3, -0.25) is 29.4 Å². The van der Waals surface area contributed by atoms with Crippen molar-refractivity contribution in [3.63, 3.8) is 0 Å². The molecule has 0 saturated carbocycles. The molecule has 0 radical (unpaired) electrons. The van der Waals surface area contributed by atoms with E-state index in [0.717, 1.165) is 28.0 Å². The molecule has 4 amide bonds. The quantitative estimate of drug-likeness (QED) is 0.427. The van der Waals surface area contributed by atoms with Crippen LogP contribution in [0.4, 0.5) is 5.69 Å². The van der Waals surface area contributed by atoms with Gasteiger partial charge in [0.05, 0.1) is 11.5 Å². The lowest BCUT2D eigenvalue weighted by molar-refractivity contribution is -0.149. The summed E-state index contributed by atoms with van der Waals surface area (Å²) in [4.78, 5) is 50.1. The first kappa shape index (κ1) is 27.7. The number of rotatable bonds is 9. The van der Waals surface area contributed by atoms with Crippen LogP contribution in [-0.4, -0.2) is 41.1 Å². The maximum Gasteiger partial charge on any atom is 0.278 e. The zero-order chi connectivity index (χ0) is 28.4. The molecule has 2 aliphatic heterocycles. The lowest BCUT2D eigenvalue weighted by atomic mass is 9.85. The number of hydrogen-bond donors (Lipinski definition) is 3. The Morgan fingerprint density at radius 3 is 2.46 bits per heavy atom. The van der Waals surface area contributed by atoms with Crippen LogP contribution in [0.25, 0.3) is 0 Å². The lowest BCUT2D eigenvalue weighted by Gasteiger charge is -2.28. The van der Waals surface area contributed by atoms with Crippen LogP contribution in [0.1, 0.15) is 57.2 Å². The highest BCUT2D eigenvalue weighted by molar-refractivity contribution is 6.20. The van der Waals surface area contributed by atoms with Crippen LogP contribution in [0, 0.1) is 11.3 Å². The Morgan fingerprint density at radius 1 is 1.03 bits per heavy atom. The van der Waals surface area contributed by atoms with Crippen molar-refractivity contribution in [2.24, 2.45) is 0 Å². The molecule has 202 valence electrons. The largest absolute Gasteiger partial charge is 0.351 e. The Kier molecular flexibility index (Phi) is 7.70. The molecule has 3 N–H and O–H groups in total. The van der Waals surface area contributed by atoms with Crippen LogP contribution in [0.5, 0.6) is 0 Å². The van der Waals surface area contributed by atoms with Crippen LogP contribution in [-0.2, 0) is 36.6 Å². The van der Waals surface area contributed by atoms with Gasteiger partial charge in [0.25, 0.3) is 11.8 Å². The predicted octanol–water partition coefficient (Wildman–Crippen LogP) is 3.02. The van der Waals surface area contributed by atoms with Crippen molar-refractivity contribution < 1.29 is 19.2 Å². The van der Waals surface area contributed by atoms with Crippen molar-refractivity contribution in [1.29, 1.82) is 5.26 Å². The van der Waals surface area contributed by atoms with E-state index in [4.69, 9.17) is 0 Å². The number of anilines is 1. The molecule has 9 nitrogen and oxygen atoms in total. The molecule has 1 saturated heterocycles. The maximum absolute atomic E-state index is 13.0. The minimum absolute atomic E-state index is 0.0731. The minimum atomic E-state index is -1.00. The normalized spacial score (nSPS) is 18.1. The Labute approximate surface area is 228 Å². The van der Waals surface area contributed by atoms with Gasteiger partial charge in [-0.05, 0) is 75.9 Å². The van der Waals surface area contributed by atoms with Crippen molar-refractivity contribution in [2.45, 2.75) is 64.0 Å². The summed E-state index contributed by atoms with van der Waals surface area (Å²) >= 11 is 0. The number of carbonyl (C=O) groups is 4. The second-order valence-electron chi connectivity index (χ2n) is 11.0. The topological polar surface area (TPSA) is 131 Å². The van der Waals surface area contributed by atoms with Gasteiger partial charge in [-0.1, -0.05) is 36.4 Å². The van der Waals surface area contributed by atoms with Crippen molar-refractivity contribution in [3.8, 4) is 6.07 Å². The molecular weight excluding hydrogens is 494 g/mol. The minimum Gasteiger partial charge on any atom is -0.351 e. The number of imide groups is 2. The van der Waals surface area contributed by atoms with E-state index in [0.29, 0.717) is 12.2 Å². The molecule has 0 aromatic heterocycles. The van der Waals surface area contributed by atoms with Gasteiger partial charge in [-0.2, -0.15) is 5.26 Å². The van der Waals surface area contributed by atoms with Gasteiger partial charge in [-0.25, -0.2) is 0 Å². The second kappa shape index (κ2) is 10.8. The molecule has 0 aliphatic carbocycles. The van der Waals surface area contributed by atoms with Crippen LogP contribution in [0.2, 0.25) is 0 Å². The van der Waals surface area contributed by atoms with E-state index in [2.05, 4.69) is 48.0 Å². The number of carbonyl (C=O) groups excluding carboxylic acids is 4. The molecule has 4 rings (SSSR count). The van der Waals surface area contributed by atoms with E-state index in [1.54, 1.807) is 6.07 Å². The van der Waals surface area contributed by atoms with Gasteiger partial charge in [-0.15, -0.1) is 0 Å². The van der Waals surface area contributed by atoms with Gasteiger partial charge in [0.2, 0.25) is 11.8 Å². The number of nitrogens with zero attached hydrogens (tertiary/aromatic N) is 2. The monoisotopic (exact) mass is 527 g/mol. The number of amides is 4. The summed E-state index contributed by atoms with van der Waals surface area (Å²) in [7, 11) is 0. The van der Waals surface area contributed by atoms with Crippen molar-refractivity contribution in [3.05, 3.63) is 77.0 Å².